The minimum atomic E-state index is -0.461. The first kappa shape index (κ1) is 17.1. The number of hydrogen-bond donors (Lipinski definition) is 0. The number of nitro groups is 1. The second-order valence-electron chi connectivity index (χ2n) is 5.96. The molecule has 25 heavy (non-hydrogen) atoms. The van der Waals surface area contributed by atoms with E-state index < -0.39 is 4.92 Å². The van der Waals surface area contributed by atoms with E-state index in [9.17, 15) is 14.9 Å². The van der Waals surface area contributed by atoms with Crippen molar-refractivity contribution in [3.8, 4) is 0 Å². The van der Waals surface area contributed by atoms with Crippen LogP contribution in [0.25, 0.3) is 0 Å². The summed E-state index contributed by atoms with van der Waals surface area (Å²) in [4.78, 5) is 29.4. The van der Waals surface area contributed by atoms with Crippen molar-refractivity contribution in [2.24, 2.45) is 4.99 Å². The number of hydrogen-bond acceptors (Lipinski definition) is 4. The molecular weight excluding hydrogens is 342 g/mol. The van der Waals surface area contributed by atoms with Crippen LogP contribution < -0.4 is 4.90 Å². The average molecular weight is 358 g/mol. The maximum atomic E-state index is 12.6. The van der Waals surface area contributed by atoms with Gasteiger partial charge >= 0.3 is 0 Å². The van der Waals surface area contributed by atoms with Gasteiger partial charge in [0.15, 0.2) is 0 Å². The van der Waals surface area contributed by atoms with E-state index in [1.807, 2.05) is 19.9 Å². The molecule has 2 aromatic rings. The van der Waals surface area contributed by atoms with Gasteiger partial charge in [-0.2, -0.15) is 0 Å². The van der Waals surface area contributed by atoms with Crippen molar-refractivity contribution in [3.63, 3.8) is 0 Å². The van der Waals surface area contributed by atoms with E-state index in [0.717, 1.165) is 0 Å². The largest absolute Gasteiger partial charge is 0.308 e. The van der Waals surface area contributed by atoms with Crippen LogP contribution >= 0.6 is 11.6 Å². The molecule has 6 nitrogen and oxygen atoms in total. The normalized spacial score (nSPS) is 14.2. The summed E-state index contributed by atoms with van der Waals surface area (Å²) in [6.07, 6.45) is 0. The maximum absolute atomic E-state index is 12.6. The Balaban J connectivity index is 2.29. The molecule has 3 rings (SSSR count). The lowest BCUT2D eigenvalue weighted by atomic mass is 9.99. The van der Waals surface area contributed by atoms with Crippen LogP contribution in [0.2, 0.25) is 5.02 Å². The number of nitrogens with zero attached hydrogens (tertiary/aromatic N) is 3. The first-order chi connectivity index (χ1) is 11.9. The zero-order valence-electron chi connectivity index (χ0n) is 13.8. The third kappa shape index (κ3) is 3.13. The highest BCUT2D eigenvalue weighted by Gasteiger charge is 2.29. The molecule has 0 aromatic heterocycles. The number of benzodiazepines with no additional fused rings is 1. The summed E-state index contributed by atoms with van der Waals surface area (Å²) >= 11 is 6.30. The minimum absolute atomic E-state index is 0.0405. The van der Waals surface area contributed by atoms with Gasteiger partial charge in [0.1, 0.15) is 6.54 Å². The molecule has 0 fully saturated rings. The summed E-state index contributed by atoms with van der Waals surface area (Å²) in [6.45, 7) is 3.74. The Morgan fingerprint density at radius 2 is 1.92 bits per heavy atom. The number of nitro benzene ring substituents is 1. The quantitative estimate of drug-likeness (QED) is 0.618. The van der Waals surface area contributed by atoms with Crippen LogP contribution in [-0.4, -0.2) is 29.1 Å². The van der Waals surface area contributed by atoms with Crippen molar-refractivity contribution in [2.45, 2.75) is 19.9 Å². The standard InChI is InChI=1S/C18H16ClN3O3/c1-11(2)21-16-8-7-12(22(24)25)9-14(16)18(20-10-17(21)23)13-5-3-4-6-15(13)19/h3-9,11H,10H2,1-2H3. The monoisotopic (exact) mass is 357 g/mol. The zero-order valence-corrected chi connectivity index (χ0v) is 14.5. The molecule has 128 valence electrons. The van der Waals surface area contributed by atoms with E-state index in [0.29, 0.717) is 27.5 Å². The second-order valence-corrected chi connectivity index (χ2v) is 6.37. The highest BCUT2D eigenvalue weighted by Crippen LogP contribution is 2.33. The van der Waals surface area contributed by atoms with Gasteiger partial charge < -0.3 is 4.90 Å². The summed E-state index contributed by atoms with van der Waals surface area (Å²) in [7, 11) is 0. The molecule has 0 N–H and O–H groups in total. The van der Waals surface area contributed by atoms with Crippen molar-refractivity contribution < 1.29 is 9.72 Å². The number of rotatable bonds is 3. The summed E-state index contributed by atoms with van der Waals surface area (Å²) < 4.78 is 0. The summed E-state index contributed by atoms with van der Waals surface area (Å²) in [5, 5.41) is 11.7. The van der Waals surface area contributed by atoms with E-state index in [1.165, 1.54) is 12.1 Å². The van der Waals surface area contributed by atoms with Crippen LogP contribution in [-0.2, 0) is 4.79 Å². The van der Waals surface area contributed by atoms with Crippen molar-refractivity contribution in [1.29, 1.82) is 0 Å². The third-order valence-electron chi connectivity index (χ3n) is 3.99. The molecule has 1 heterocycles. The Morgan fingerprint density at radius 1 is 1.20 bits per heavy atom. The van der Waals surface area contributed by atoms with Crippen LogP contribution in [0.4, 0.5) is 11.4 Å². The van der Waals surface area contributed by atoms with Gasteiger partial charge in [0.2, 0.25) is 5.91 Å². The van der Waals surface area contributed by atoms with Gasteiger partial charge in [0, 0.05) is 34.3 Å². The van der Waals surface area contributed by atoms with Crippen LogP contribution in [0.5, 0.6) is 0 Å². The lowest BCUT2D eigenvalue weighted by Gasteiger charge is -2.26. The number of carbonyl (C=O) groups excluding carboxylic acids is 1. The number of anilines is 1. The lowest BCUT2D eigenvalue weighted by Crippen LogP contribution is -2.38. The van der Waals surface area contributed by atoms with E-state index in [1.54, 1.807) is 29.2 Å². The van der Waals surface area contributed by atoms with E-state index in [-0.39, 0.29) is 24.2 Å². The molecule has 1 aliphatic heterocycles. The van der Waals surface area contributed by atoms with E-state index in [4.69, 9.17) is 11.6 Å². The Labute approximate surface area is 149 Å². The number of non-ortho nitro benzene ring substituents is 1. The lowest BCUT2D eigenvalue weighted by molar-refractivity contribution is -0.384. The number of halogens is 1. The Bertz CT molecular complexity index is 893. The maximum Gasteiger partial charge on any atom is 0.270 e. The van der Waals surface area contributed by atoms with Gasteiger partial charge in [0.25, 0.3) is 5.69 Å². The molecule has 0 saturated heterocycles. The van der Waals surface area contributed by atoms with Gasteiger partial charge in [-0.05, 0) is 26.0 Å². The predicted octanol–water partition coefficient (Wildman–Crippen LogP) is 3.84. The van der Waals surface area contributed by atoms with Gasteiger partial charge in [-0.25, -0.2) is 0 Å². The van der Waals surface area contributed by atoms with Gasteiger partial charge in [-0.15, -0.1) is 0 Å². The number of carbonyl (C=O) groups is 1. The Hall–Kier alpha value is -2.73. The fourth-order valence-corrected chi connectivity index (χ4v) is 3.15. The molecular formula is C18H16ClN3O3. The molecule has 0 aliphatic carbocycles. The minimum Gasteiger partial charge on any atom is -0.308 e. The fraction of sp³-hybridized carbons (Fsp3) is 0.222. The number of amides is 1. The van der Waals surface area contributed by atoms with Gasteiger partial charge in [-0.3, -0.25) is 19.9 Å². The third-order valence-corrected chi connectivity index (χ3v) is 4.32. The Kier molecular flexibility index (Phi) is 4.55. The highest BCUT2D eigenvalue weighted by molar-refractivity contribution is 6.36. The summed E-state index contributed by atoms with van der Waals surface area (Å²) in [5.41, 5.74) is 2.20. The van der Waals surface area contributed by atoms with Crippen molar-refractivity contribution in [3.05, 3.63) is 68.7 Å². The average Bonchev–Trinajstić information content (AvgIpc) is 2.71. The predicted molar refractivity (Wildman–Crippen MR) is 97.7 cm³/mol. The topological polar surface area (TPSA) is 75.8 Å². The SMILES string of the molecule is CC(C)N1C(=O)CN=C(c2ccccc2Cl)c2cc([N+](=O)[O-])ccc21. The first-order valence-electron chi connectivity index (χ1n) is 7.80. The number of benzene rings is 2. The van der Waals surface area contributed by atoms with E-state index in [2.05, 4.69) is 4.99 Å². The van der Waals surface area contributed by atoms with Crippen LogP contribution in [0, 0.1) is 10.1 Å². The molecule has 0 spiro atoms. The van der Waals surface area contributed by atoms with Crippen LogP contribution in [0.15, 0.2) is 47.5 Å². The van der Waals surface area contributed by atoms with Gasteiger partial charge in [0.05, 0.1) is 16.3 Å². The molecule has 0 unspecified atom stereocenters. The molecule has 7 heteroatoms. The molecule has 0 saturated carbocycles. The van der Waals surface area contributed by atoms with Crippen LogP contribution in [0.3, 0.4) is 0 Å². The Morgan fingerprint density at radius 3 is 2.56 bits per heavy atom. The first-order valence-corrected chi connectivity index (χ1v) is 8.18. The molecule has 0 bridgehead atoms. The molecule has 0 atom stereocenters. The number of fused-ring (bicyclic) bond motifs is 1. The smallest absolute Gasteiger partial charge is 0.270 e. The molecule has 1 amide bonds. The van der Waals surface area contributed by atoms with E-state index >= 15 is 0 Å². The second kappa shape index (κ2) is 6.64. The summed E-state index contributed by atoms with van der Waals surface area (Å²) in [5.74, 6) is -0.160. The fourth-order valence-electron chi connectivity index (χ4n) is 2.93. The summed E-state index contributed by atoms with van der Waals surface area (Å²) in [6, 6.07) is 11.5. The highest BCUT2D eigenvalue weighted by atomic mass is 35.5. The van der Waals surface area contributed by atoms with Crippen LogP contribution in [0.1, 0.15) is 25.0 Å². The van der Waals surface area contributed by atoms with Crippen molar-refractivity contribution in [2.75, 3.05) is 11.4 Å². The number of aliphatic imine (C=N–C) groups is 1. The van der Waals surface area contributed by atoms with Crippen molar-refractivity contribution >= 4 is 34.6 Å². The van der Waals surface area contributed by atoms with Gasteiger partial charge in [-0.1, -0.05) is 29.8 Å². The zero-order chi connectivity index (χ0) is 18.1. The molecule has 0 radical (unpaired) electrons. The molecule has 2 aromatic carbocycles. The molecule has 1 aliphatic rings. The van der Waals surface area contributed by atoms with Crippen molar-refractivity contribution in [1.82, 2.24) is 0 Å².